The Kier molecular flexibility index (Phi) is 5.60. The summed E-state index contributed by atoms with van der Waals surface area (Å²) in [6.07, 6.45) is 1.82. The van der Waals surface area contributed by atoms with Crippen molar-refractivity contribution in [3.8, 4) is 10.6 Å². The molecule has 0 bridgehead atoms. The van der Waals surface area contributed by atoms with E-state index in [1.165, 1.54) is 17.4 Å². The number of nitro groups is 1. The lowest BCUT2D eigenvalue weighted by atomic mass is 10.2. The van der Waals surface area contributed by atoms with Gasteiger partial charge in [-0.3, -0.25) is 10.1 Å². The minimum Gasteiger partial charge on any atom is -0.316 e. The summed E-state index contributed by atoms with van der Waals surface area (Å²) in [5.41, 5.74) is 0.295. The molecule has 0 saturated heterocycles. The summed E-state index contributed by atoms with van der Waals surface area (Å²) in [5, 5.41) is 24.1. The van der Waals surface area contributed by atoms with Crippen molar-refractivity contribution in [3.63, 3.8) is 0 Å². The van der Waals surface area contributed by atoms with E-state index in [9.17, 15) is 10.1 Å². The monoisotopic (exact) mass is 326 g/mol. The van der Waals surface area contributed by atoms with Crippen LogP contribution in [0.25, 0.3) is 10.6 Å². The van der Waals surface area contributed by atoms with Gasteiger partial charge in [-0.05, 0) is 19.0 Å². The summed E-state index contributed by atoms with van der Waals surface area (Å²) >= 11 is 7.42. The molecule has 8 heteroatoms. The van der Waals surface area contributed by atoms with Crippen LogP contribution in [0.1, 0.15) is 18.4 Å². The van der Waals surface area contributed by atoms with E-state index in [0.717, 1.165) is 30.9 Å². The first-order valence-corrected chi connectivity index (χ1v) is 7.79. The molecule has 2 rings (SSSR count). The standard InChI is InChI=1S/C13H15ClN4O2S/c1-2-7-15-8-6-11-16-17-13(21-11)12-9(14)4-3-5-10(12)18(19)20/h3-5,15H,2,6-8H2,1H3. The normalized spacial score (nSPS) is 10.8. The molecule has 0 aliphatic carbocycles. The number of hydrogen-bond acceptors (Lipinski definition) is 6. The maximum absolute atomic E-state index is 11.1. The average molecular weight is 327 g/mol. The van der Waals surface area contributed by atoms with Crippen LogP contribution in [0.4, 0.5) is 5.69 Å². The van der Waals surface area contributed by atoms with Crippen molar-refractivity contribution in [2.75, 3.05) is 13.1 Å². The number of benzene rings is 1. The third-order valence-electron chi connectivity index (χ3n) is 2.81. The molecule has 1 heterocycles. The Morgan fingerprint density at radius 2 is 2.19 bits per heavy atom. The van der Waals surface area contributed by atoms with Gasteiger partial charge < -0.3 is 5.32 Å². The van der Waals surface area contributed by atoms with E-state index in [2.05, 4.69) is 22.4 Å². The first-order chi connectivity index (χ1) is 10.1. The first-order valence-electron chi connectivity index (χ1n) is 6.59. The highest BCUT2D eigenvalue weighted by molar-refractivity contribution is 7.14. The predicted molar refractivity (Wildman–Crippen MR) is 83.9 cm³/mol. The van der Waals surface area contributed by atoms with Crippen LogP contribution in [0.3, 0.4) is 0 Å². The number of hydrogen-bond donors (Lipinski definition) is 1. The van der Waals surface area contributed by atoms with E-state index in [1.54, 1.807) is 12.1 Å². The molecule has 0 unspecified atom stereocenters. The minimum atomic E-state index is -0.453. The zero-order valence-corrected chi connectivity index (χ0v) is 13.1. The topological polar surface area (TPSA) is 81.0 Å². The molecule has 0 saturated carbocycles. The van der Waals surface area contributed by atoms with Gasteiger partial charge in [0.05, 0.1) is 9.95 Å². The summed E-state index contributed by atoms with van der Waals surface area (Å²) in [5.74, 6) is 0. The van der Waals surface area contributed by atoms with Gasteiger partial charge in [0.1, 0.15) is 10.6 Å². The van der Waals surface area contributed by atoms with Crippen molar-refractivity contribution in [2.45, 2.75) is 19.8 Å². The number of nitrogens with one attached hydrogen (secondary N) is 1. The smallest absolute Gasteiger partial charge is 0.281 e. The lowest BCUT2D eigenvalue weighted by molar-refractivity contribution is -0.384. The Labute approximate surface area is 131 Å². The zero-order valence-electron chi connectivity index (χ0n) is 11.5. The second-order valence-electron chi connectivity index (χ2n) is 4.39. The molecule has 1 aromatic heterocycles. The molecule has 21 heavy (non-hydrogen) atoms. The van der Waals surface area contributed by atoms with Gasteiger partial charge in [0.25, 0.3) is 5.69 Å². The SMILES string of the molecule is CCCNCCc1nnc(-c2c(Cl)cccc2[N+](=O)[O-])s1. The molecule has 1 aromatic carbocycles. The summed E-state index contributed by atoms with van der Waals surface area (Å²) in [6, 6.07) is 4.60. The van der Waals surface area contributed by atoms with Crippen molar-refractivity contribution >= 4 is 28.6 Å². The lowest BCUT2D eigenvalue weighted by Crippen LogP contribution is -2.17. The van der Waals surface area contributed by atoms with E-state index in [4.69, 9.17) is 11.6 Å². The van der Waals surface area contributed by atoms with Gasteiger partial charge in [0.15, 0.2) is 5.01 Å². The molecule has 1 N–H and O–H groups in total. The van der Waals surface area contributed by atoms with E-state index < -0.39 is 4.92 Å². The molecule has 0 amide bonds. The Balaban J connectivity index is 2.20. The summed E-state index contributed by atoms with van der Waals surface area (Å²) in [4.78, 5) is 10.6. The molecule has 0 fully saturated rings. The Morgan fingerprint density at radius 3 is 2.90 bits per heavy atom. The van der Waals surface area contributed by atoms with Gasteiger partial charge in [-0.2, -0.15) is 0 Å². The predicted octanol–water partition coefficient (Wildman–Crippen LogP) is 3.31. The number of halogens is 1. The maximum atomic E-state index is 11.1. The molecule has 0 aliphatic heterocycles. The van der Waals surface area contributed by atoms with Crippen LogP contribution >= 0.6 is 22.9 Å². The number of nitro benzene ring substituents is 1. The van der Waals surface area contributed by atoms with E-state index >= 15 is 0 Å². The molecular weight excluding hydrogens is 312 g/mol. The quantitative estimate of drug-likeness (QED) is 0.479. The van der Waals surface area contributed by atoms with Gasteiger partial charge in [0, 0.05) is 19.0 Å². The first kappa shape index (κ1) is 15.8. The minimum absolute atomic E-state index is 0.0469. The van der Waals surface area contributed by atoms with E-state index in [0.29, 0.717) is 15.6 Å². The Hall–Kier alpha value is -1.57. The van der Waals surface area contributed by atoms with Crippen LogP contribution in [0.15, 0.2) is 18.2 Å². The fraction of sp³-hybridized carbons (Fsp3) is 0.385. The van der Waals surface area contributed by atoms with Crippen LogP contribution in [0.5, 0.6) is 0 Å². The van der Waals surface area contributed by atoms with Crippen molar-refractivity contribution in [1.82, 2.24) is 15.5 Å². The third-order valence-corrected chi connectivity index (χ3v) is 4.13. The molecule has 0 spiro atoms. The van der Waals surface area contributed by atoms with Gasteiger partial charge >= 0.3 is 0 Å². The Bertz CT molecular complexity index is 632. The van der Waals surface area contributed by atoms with Crippen LogP contribution in [-0.4, -0.2) is 28.2 Å². The second-order valence-corrected chi connectivity index (χ2v) is 5.86. The summed E-state index contributed by atoms with van der Waals surface area (Å²) in [7, 11) is 0. The maximum Gasteiger partial charge on any atom is 0.281 e. The van der Waals surface area contributed by atoms with Crippen molar-refractivity contribution in [3.05, 3.63) is 38.3 Å². The fourth-order valence-corrected chi connectivity index (χ4v) is 3.05. The molecule has 6 nitrogen and oxygen atoms in total. The highest BCUT2D eigenvalue weighted by atomic mass is 35.5. The number of rotatable bonds is 7. The lowest BCUT2D eigenvalue weighted by Gasteiger charge is -2.01. The molecular formula is C13H15ClN4O2S. The third kappa shape index (κ3) is 3.96. The van der Waals surface area contributed by atoms with Crippen molar-refractivity contribution in [1.29, 1.82) is 0 Å². The van der Waals surface area contributed by atoms with Gasteiger partial charge in [0.2, 0.25) is 0 Å². The average Bonchev–Trinajstić information content (AvgIpc) is 2.91. The van der Waals surface area contributed by atoms with Crippen LogP contribution in [-0.2, 0) is 6.42 Å². The molecule has 0 aliphatic rings. The Morgan fingerprint density at radius 1 is 1.38 bits per heavy atom. The van der Waals surface area contributed by atoms with E-state index in [1.807, 2.05) is 0 Å². The molecule has 2 aromatic rings. The van der Waals surface area contributed by atoms with Crippen LogP contribution in [0, 0.1) is 10.1 Å². The van der Waals surface area contributed by atoms with Crippen LogP contribution < -0.4 is 5.32 Å². The number of nitrogens with zero attached hydrogens (tertiary/aromatic N) is 3. The molecule has 0 radical (unpaired) electrons. The van der Waals surface area contributed by atoms with Crippen molar-refractivity contribution < 1.29 is 4.92 Å². The molecule has 112 valence electrons. The van der Waals surface area contributed by atoms with Crippen LogP contribution in [0.2, 0.25) is 5.02 Å². The van der Waals surface area contributed by atoms with Gasteiger partial charge in [-0.1, -0.05) is 35.9 Å². The second kappa shape index (κ2) is 7.44. The van der Waals surface area contributed by atoms with Gasteiger partial charge in [-0.25, -0.2) is 0 Å². The van der Waals surface area contributed by atoms with Crippen molar-refractivity contribution in [2.24, 2.45) is 0 Å². The van der Waals surface area contributed by atoms with Gasteiger partial charge in [-0.15, -0.1) is 10.2 Å². The highest BCUT2D eigenvalue weighted by Gasteiger charge is 2.21. The fourth-order valence-electron chi connectivity index (χ4n) is 1.83. The summed E-state index contributed by atoms with van der Waals surface area (Å²) in [6.45, 7) is 3.88. The van der Waals surface area contributed by atoms with E-state index in [-0.39, 0.29) is 5.69 Å². The highest BCUT2D eigenvalue weighted by Crippen LogP contribution is 2.37. The summed E-state index contributed by atoms with van der Waals surface area (Å²) < 4.78 is 0. The number of aromatic nitrogens is 2. The largest absolute Gasteiger partial charge is 0.316 e. The molecule has 0 atom stereocenters. The zero-order chi connectivity index (χ0) is 15.2.